The second kappa shape index (κ2) is 7.82. The molecule has 152 valence electrons. The first-order valence-electron chi connectivity index (χ1n) is 9.49. The zero-order chi connectivity index (χ0) is 21.3. The van der Waals surface area contributed by atoms with E-state index in [2.05, 4.69) is 10.3 Å². The van der Waals surface area contributed by atoms with Crippen LogP contribution >= 0.6 is 0 Å². The van der Waals surface area contributed by atoms with Crippen molar-refractivity contribution in [1.82, 2.24) is 9.55 Å². The summed E-state index contributed by atoms with van der Waals surface area (Å²) in [7, 11) is 0. The number of nitrogens with one attached hydrogen (secondary N) is 1. The summed E-state index contributed by atoms with van der Waals surface area (Å²) in [5, 5.41) is 11.4. The highest BCUT2D eigenvalue weighted by molar-refractivity contribution is 6.36. The highest BCUT2D eigenvalue weighted by atomic mass is 16.5. The van der Waals surface area contributed by atoms with Crippen molar-refractivity contribution in [3.8, 4) is 5.75 Å². The topological polar surface area (TPSA) is 111 Å². The monoisotopic (exact) mass is 405 g/mol. The quantitative estimate of drug-likeness (QED) is 0.646. The Hall–Kier alpha value is -3.94. The molecule has 0 spiro atoms. The Bertz CT molecular complexity index is 1240. The highest BCUT2D eigenvalue weighted by Gasteiger charge is 2.21. The average molecular weight is 405 g/mol. The maximum Gasteiger partial charge on any atom is 0.394 e. The molecule has 0 saturated heterocycles. The SMILES string of the molecule is CCOc1ccc(/C=C2\CCn3c2nc2cc(NC(=O)C(=O)O)ccc2c3=O)cc1. The summed E-state index contributed by atoms with van der Waals surface area (Å²) >= 11 is 0. The fourth-order valence-electron chi connectivity index (χ4n) is 3.44. The van der Waals surface area contributed by atoms with Gasteiger partial charge < -0.3 is 15.2 Å². The van der Waals surface area contributed by atoms with Gasteiger partial charge in [0, 0.05) is 12.2 Å². The van der Waals surface area contributed by atoms with E-state index in [1.807, 2.05) is 37.3 Å². The first-order valence-corrected chi connectivity index (χ1v) is 9.49. The summed E-state index contributed by atoms with van der Waals surface area (Å²) in [4.78, 5) is 39.7. The van der Waals surface area contributed by atoms with Crippen molar-refractivity contribution in [2.45, 2.75) is 19.9 Å². The number of aliphatic carboxylic acids is 1. The maximum atomic E-state index is 12.9. The number of carboxylic acid groups (broad SMARTS) is 1. The molecule has 8 heteroatoms. The molecule has 0 bridgehead atoms. The summed E-state index contributed by atoms with van der Waals surface area (Å²) in [5.74, 6) is -1.37. The van der Waals surface area contributed by atoms with Gasteiger partial charge in [0.25, 0.3) is 5.56 Å². The summed E-state index contributed by atoms with van der Waals surface area (Å²) in [6.45, 7) is 3.07. The van der Waals surface area contributed by atoms with Crippen molar-refractivity contribution >= 4 is 40.1 Å². The van der Waals surface area contributed by atoms with Gasteiger partial charge in [-0.15, -0.1) is 0 Å². The van der Waals surface area contributed by atoms with Crippen molar-refractivity contribution in [3.63, 3.8) is 0 Å². The number of benzene rings is 2. The lowest BCUT2D eigenvalue weighted by molar-refractivity contribution is -0.147. The minimum atomic E-state index is -1.59. The number of carbonyl (C=O) groups excluding carboxylic acids is 1. The van der Waals surface area contributed by atoms with E-state index in [-0.39, 0.29) is 11.2 Å². The molecule has 0 fully saturated rings. The van der Waals surface area contributed by atoms with Crippen LogP contribution in [0.25, 0.3) is 22.6 Å². The van der Waals surface area contributed by atoms with Crippen LogP contribution < -0.4 is 15.6 Å². The normalized spacial score (nSPS) is 14.0. The molecule has 0 unspecified atom stereocenters. The lowest BCUT2D eigenvalue weighted by Crippen LogP contribution is -2.23. The number of carbonyl (C=O) groups is 2. The van der Waals surface area contributed by atoms with Gasteiger partial charge in [0.15, 0.2) is 0 Å². The Labute approximate surface area is 171 Å². The summed E-state index contributed by atoms with van der Waals surface area (Å²) < 4.78 is 7.10. The molecule has 1 amide bonds. The van der Waals surface area contributed by atoms with Gasteiger partial charge in [-0.05, 0) is 60.9 Å². The Balaban J connectivity index is 1.72. The van der Waals surface area contributed by atoms with Crippen molar-refractivity contribution in [2.75, 3.05) is 11.9 Å². The number of amides is 1. The molecular weight excluding hydrogens is 386 g/mol. The molecule has 2 N–H and O–H groups in total. The highest BCUT2D eigenvalue weighted by Crippen LogP contribution is 2.28. The Morgan fingerprint density at radius 1 is 1.23 bits per heavy atom. The average Bonchev–Trinajstić information content (AvgIpc) is 3.12. The predicted octanol–water partition coefficient (Wildman–Crippen LogP) is 2.76. The molecule has 30 heavy (non-hydrogen) atoms. The van der Waals surface area contributed by atoms with Gasteiger partial charge in [-0.1, -0.05) is 12.1 Å². The van der Waals surface area contributed by atoms with Crippen LogP contribution in [0.15, 0.2) is 47.3 Å². The molecule has 4 rings (SSSR count). The van der Waals surface area contributed by atoms with Crippen LogP contribution in [0, 0.1) is 0 Å². The molecule has 2 aromatic carbocycles. The Morgan fingerprint density at radius 2 is 2.00 bits per heavy atom. The molecule has 0 saturated carbocycles. The molecule has 1 aliphatic heterocycles. The van der Waals surface area contributed by atoms with E-state index >= 15 is 0 Å². The largest absolute Gasteiger partial charge is 0.494 e. The second-order valence-corrected chi connectivity index (χ2v) is 6.81. The van der Waals surface area contributed by atoms with Gasteiger partial charge in [-0.25, -0.2) is 9.78 Å². The van der Waals surface area contributed by atoms with E-state index in [0.29, 0.717) is 36.3 Å². The van der Waals surface area contributed by atoms with Gasteiger partial charge in [0.1, 0.15) is 11.6 Å². The fraction of sp³-hybridized carbons (Fsp3) is 0.182. The van der Waals surface area contributed by atoms with Crippen LogP contribution in [0.3, 0.4) is 0 Å². The molecule has 1 aromatic heterocycles. The van der Waals surface area contributed by atoms with Crippen LogP contribution in [-0.4, -0.2) is 33.1 Å². The first-order chi connectivity index (χ1) is 14.5. The first kappa shape index (κ1) is 19.4. The number of nitrogens with zero attached hydrogens (tertiary/aromatic N) is 2. The number of aromatic nitrogens is 2. The van der Waals surface area contributed by atoms with Crippen molar-refractivity contribution in [1.29, 1.82) is 0 Å². The summed E-state index contributed by atoms with van der Waals surface area (Å²) in [6, 6.07) is 12.2. The van der Waals surface area contributed by atoms with E-state index in [4.69, 9.17) is 9.84 Å². The standard InChI is InChI=1S/C22H19N3O5/c1-2-30-16-6-3-13(4-7-16)11-14-9-10-25-19(14)24-18-12-15(23-20(26)22(28)29)5-8-17(18)21(25)27/h3-8,11-12H,2,9-10H2,1H3,(H,23,26)(H,28,29)/b14-11+. The molecule has 8 nitrogen and oxygen atoms in total. The molecule has 0 aliphatic carbocycles. The van der Waals surface area contributed by atoms with Gasteiger partial charge in [0.05, 0.1) is 17.5 Å². The van der Waals surface area contributed by atoms with Crippen molar-refractivity contribution in [3.05, 3.63) is 64.2 Å². The Kier molecular flexibility index (Phi) is 5.05. The lowest BCUT2D eigenvalue weighted by Gasteiger charge is -2.08. The van der Waals surface area contributed by atoms with Gasteiger partial charge in [0.2, 0.25) is 0 Å². The van der Waals surface area contributed by atoms with E-state index in [0.717, 1.165) is 16.9 Å². The van der Waals surface area contributed by atoms with Crippen molar-refractivity contribution < 1.29 is 19.4 Å². The number of rotatable bonds is 4. The number of carboxylic acids is 1. The minimum absolute atomic E-state index is 0.166. The zero-order valence-corrected chi connectivity index (χ0v) is 16.2. The van der Waals surface area contributed by atoms with Crippen LogP contribution in [0.1, 0.15) is 24.7 Å². The molecule has 0 atom stereocenters. The fourth-order valence-corrected chi connectivity index (χ4v) is 3.44. The molecule has 1 aliphatic rings. The van der Waals surface area contributed by atoms with E-state index < -0.39 is 11.9 Å². The second-order valence-electron chi connectivity index (χ2n) is 6.81. The van der Waals surface area contributed by atoms with Crippen LogP contribution in [0.4, 0.5) is 5.69 Å². The third kappa shape index (κ3) is 3.67. The number of allylic oxidation sites excluding steroid dienone is 1. The number of fused-ring (bicyclic) bond motifs is 2. The van der Waals surface area contributed by atoms with E-state index in [9.17, 15) is 14.4 Å². The number of anilines is 1. The number of ether oxygens (including phenoxy) is 1. The van der Waals surface area contributed by atoms with Crippen molar-refractivity contribution in [2.24, 2.45) is 0 Å². The van der Waals surface area contributed by atoms with Gasteiger partial charge in [-0.3, -0.25) is 14.2 Å². The van der Waals surface area contributed by atoms with Gasteiger partial charge >= 0.3 is 11.9 Å². The third-order valence-corrected chi connectivity index (χ3v) is 4.83. The summed E-state index contributed by atoms with van der Waals surface area (Å²) in [5.41, 5.74) is 2.40. The third-order valence-electron chi connectivity index (χ3n) is 4.83. The lowest BCUT2D eigenvalue weighted by atomic mass is 10.1. The zero-order valence-electron chi connectivity index (χ0n) is 16.2. The molecule has 2 heterocycles. The van der Waals surface area contributed by atoms with Crippen LogP contribution in [0.5, 0.6) is 5.75 Å². The smallest absolute Gasteiger partial charge is 0.394 e. The number of hydrogen-bond donors (Lipinski definition) is 2. The maximum absolute atomic E-state index is 12.9. The molecular formula is C22H19N3O5. The molecule has 0 radical (unpaired) electrons. The molecule has 3 aromatic rings. The van der Waals surface area contributed by atoms with Crippen LogP contribution in [0.2, 0.25) is 0 Å². The van der Waals surface area contributed by atoms with E-state index in [1.54, 1.807) is 10.6 Å². The van der Waals surface area contributed by atoms with Crippen LogP contribution in [-0.2, 0) is 16.1 Å². The summed E-state index contributed by atoms with van der Waals surface area (Å²) in [6.07, 6.45) is 2.66. The minimum Gasteiger partial charge on any atom is -0.494 e. The number of hydrogen-bond acceptors (Lipinski definition) is 5. The Morgan fingerprint density at radius 3 is 2.70 bits per heavy atom. The predicted molar refractivity (Wildman–Crippen MR) is 112 cm³/mol. The van der Waals surface area contributed by atoms with E-state index in [1.165, 1.54) is 12.1 Å². The van der Waals surface area contributed by atoms with Gasteiger partial charge in [-0.2, -0.15) is 0 Å².